The topological polar surface area (TPSA) is 52.3 Å². The average Bonchev–Trinajstić information content (AvgIpc) is 2.65. The monoisotopic (exact) mass is 266 g/mol. The first-order valence-corrected chi connectivity index (χ1v) is 4.76. The van der Waals surface area contributed by atoms with E-state index in [0.717, 1.165) is 4.52 Å². The fourth-order valence-electron chi connectivity index (χ4n) is 1.29. The van der Waals surface area contributed by atoms with Gasteiger partial charge in [-0.2, -0.15) is 22.7 Å². The average molecular weight is 267 g/mol. The van der Waals surface area contributed by atoms with Crippen LogP contribution >= 0.6 is 11.6 Å². The van der Waals surface area contributed by atoms with Gasteiger partial charge in [0.1, 0.15) is 5.15 Å². The summed E-state index contributed by atoms with van der Waals surface area (Å²) in [6, 6.07) is -0.0990. The molecule has 0 fully saturated rings. The van der Waals surface area contributed by atoms with Crippen LogP contribution < -0.4 is 4.74 Å². The Morgan fingerprint density at radius 3 is 2.47 bits per heavy atom. The number of nitrogens with zero attached hydrogens (tertiary/aromatic N) is 4. The molecule has 2 aromatic heterocycles. The van der Waals surface area contributed by atoms with Gasteiger partial charge in [0, 0.05) is 5.56 Å². The van der Waals surface area contributed by atoms with Crippen LogP contribution in [0.1, 0.15) is 11.3 Å². The summed E-state index contributed by atoms with van der Waals surface area (Å²) < 4.78 is 43.6. The van der Waals surface area contributed by atoms with Crippen molar-refractivity contribution in [1.29, 1.82) is 0 Å². The van der Waals surface area contributed by atoms with Crippen molar-refractivity contribution in [2.75, 3.05) is 7.11 Å². The summed E-state index contributed by atoms with van der Waals surface area (Å²) in [6.07, 6.45) is -4.59. The van der Waals surface area contributed by atoms with Gasteiger partial charge < -0.3 is 4.74 Å². The number of alkyl halides is 3. The zero-order chi connectivity index (χ0) is 12.8. The number of hydrogen-bond acceptors (Lipinski definition) is 4. The third-order valence-electron chi connectivity index (χ3n) is 2.08. The van der Waals surface area contributed by atoms with E-state index in [9.17, 15) is 13.2 Å². The molecule has 0 N–H and O–H groups in total. The van der Waals surface area contributed by atoms with Crippen molar-refractivity contribution >= 4 is 17.4 Å². The van der Waals surface area contributed by atoms with Crippen LogP contribution in [0.15, 0.2) is 0 Å². The molecule has 0 spiro atoms. The summed E-state index contributed by atoms with van der Waals surface area (Å²) in [5, 5.41) is 3.54. The Morgan fingerprint density at radius 2 is 1.94 bits per heavy atom. The van der Waals surface area contributed by atoms with Gasteiger partial charge in [-0.25, -0.2) is 4.98 Å². The Labute approximate surface area is 98.2 Å². The summed E-state index contributed by atoms with van der Waals surface area (Å²) in [7, 11) is 1.29. The lowest BCUT2D eigenvalue weighted by Gasteiger charge is -2.10. The van der Waals surface area contributed by atoms with E-state index < -0.39 is 11.9 Å². The van der Waals surface area contributed by atoms with E-state index in [1.54, 1.807) is 0 Å². The molecule has 0 saturated heterocycles. The van der Waals surface area contributed by atoms with Gasteiger partial charge in [0.25, 0.3) is 5.78 Å². The third-order valence-corrected chi connectivity index (χ3v) is 2.53. The van der Waals surface area contributed by atoms with Crippen molar-refractivity contribution in [3.63, 3.8) is 0 Å². The Hall–Kier alpha value is -1.57. The molecule has 0 amide bonds. The van der Waals surface area contributed by atoms with Gasteiger partial charge in [-0.15, -0.1) is 5.10 Å². The maximum atomic E-state index is 12.6. The molecular weight excluding hydrogens is 261 g/mol. The molecule has 9 heteroatoms. The highest BCUT2D eigenvalue weighted by atomic mass is 35.5. The first-order chi connectivity index (χ1) is 7.84. The normalized spacial score (nSPS) is 12.1. The minimum absolute atomic E-state index is 0.0990. The van der Waals surface area contributed by atoms with E-state index in [1.165, 1.54) is 14.0 Å². The van der Waals surface area contributed by atoms with E-state index in [1.807, 2.05) is 0 Å². The summed E-state index contributed by atoms with van der Waals surface area (Å²) in [6.45, 7) is 1.21. The number of rotatable bonds is 1. The molecule has 0 aliphatic heterocycles. The van der Waals surface area contributed by atoms with Crippen molar-refractivity contribution in [2.24, 2.45) is 0 Å². The van der Waals surface area contributed by atoms with Crippen molar-refractivity contribution < 1.29 is 17.9 Å². The lowest BCUT2D eigenvalue weighted by Crippen LogP contribution is -2.13. The van der Waals surface area contributed by atoms with Gasteiger partial charge in [0.15, 0.2) is 5.69 Å². The standard InChI is InChI=1S/C8H6ClF3N4O/c1-3-4(8(10,11)12)13-6-14-7(17-2)15-16(6)5(3)9/h1-2H3. The van der Waals surface area contributed by atoms with Crippen molar-refractivity contribution in [3.05, 3.63) is 16.4 Å². The van der Waals surface area contributed by atoms with Gasteiger partial charge in [-0.05, 0) is 6.92 Å². The molecule has 0 radical (unpaired) electrons. The van der Waals surface area contributed by atoms with E-state index in [-0.39, 0.29) is 22.5 Å². The Balaban J connectivity index is 2.77. The molecule has 0 aliphatic rings. The number of fused-ring (bicyclic) bond motifs is 1. The summed E-state index contributed by atoms with van der Waals surface area (Å²) >= 11 is 5.77. The molecule has 0 unspecified atom stereocenters. The first kappa shape index (κ1) is 11.9. The highest BCUT2D eigenvalue weighted by molar-refractivity contribution is 6.30. The van der Waals surface area contributed by atoms with E-state index in [0.29, 0.717) is 0 Å². The van der Waals surface area contributed by atoms with Gasteiger partial charge in [-0.3, -0.25) is 0 Å². The number of halogens is 4. The fraction of sp³-hybridized carbons (Fsp3) is 0.375. The highest BCUT2D eigenvalue weighted by Crippen LogP contribution is 2.33. The van der Waals surface area contributed by atoms with Crippen LogP contribution in [0.5, 0.6) is 6.01 Å². The second-order valence-electron chi connectivity index (χ2n) is 3.18. The Bertz CT molecular complexity index is 580. The van der Waals surface area contributed by atoms with Crippen molar-refractivity contribution in [1.82, 2.24) is 19.6 Å². The second-order valence-corrected chi connectivity index (χ2v) is 3.54. The smallest absolute Gasteiger partial charge is 0.433 e. The molecule has 2 heterocycles. The van der Waals surface area contributed by atoms with E-state index in [2.05, 4.69) is 15.1 Å². The highest BCUT2D eigenvalue weighted by Gasteiger charge is 2.36. The summed E-state index contributed by atoms with van der Waals surface area (Å²) in [5.74, 6) is -0.259. The summed E-state index contributed by atoms with van der Waals surface area (Å²) in [4.78, 5) is 7.02. The molecule has 0 bridgehead atoms. The van der Waals surface area contributed by atoms with Crippen LogP contribution in [0.2, 0.25) is 5.15 Å². The van der Waals surface area contributed by atoms with Crippen LogP contribution in [-0.2, 0) is 6.18 Å². The number of ether oxygens (including phenoxy) is 1. The molecule has 92 valence electrons. The van der Waals surface area contributed by atoms with Gasteiger partial charge >= 0.3 is 12.2 Å². The van der Waals surface area contributed by atoms with Crippen LogP contribution in [0, 0.1) is 6.92 Å². The SMILES string of the molecule is COc1nc2nc(C(F)(F)F)c(C)c(Cl)n2n1. The predicted octanol–water partition coefficient (Wildman–Crippen LogP) is 2.11. The molecule has 17 heavy (non-hydrogen) atoms. The van der Waals surface area contributed by atoms with Crippen LogP contribution in [0.25, 0.3) is 5.78 Å². The molecule has 2 rings (SSSR count). The Kier molecular flexibility index (Phi) is 2.61. The Morgan fingerprint density at radius 1 is 1.29 bits per heavy atom. The molecule has 0 aliphatic carbocycles. The molecule has 5 nitrogen and oxygen atoms in total. The van der Waals surface area contributed by atoms with E-state index in [4.69, 9.17) is 16.3 Å². The molecule has 0 aromatic carbocycles. The largest absolute Gasteiger partial charge is 0.466 e. The fourth-order valence-corrected chi connectivity index (χ4v) is 1.50. The molecule has 0 saturated carbocycles. The first-order valence-electron chi connectivity index (χ1n) is 4.38. The summed E-state index contributed by atoms with van der Waals surface area (Å²) in [5.41, 5.74) is -1.29. The quantitative estimate of drug-likeness (QED) is 0.742. The lowest BCUT2D eigenvalue weighted by molar-refractivity contribution is -0.141. The molecular formula is C8H6ClF3N4O. The predicted molar refractivity (Wildman–Crippen MR) is 52.1 cm³/mol. The number of aromatic nitrogens is 4. The maximum Gasteiger partial charge on any atom is 0.433 e. The van der Waals surface area contributed by atoms with Crippen LogP contribution in [0.3, 0.4) is 0 Å². The van der Waals surface area contributed by atoms with Gasteiger partial charge in [-0.1, -0.05) is 11.6 Å². The zero-order valence-corrected chi connectivity index (χ0v) is 9.46. The minimum Gasteiger partial charge on any atom is -0.466 e. The number of methoxy groups -OCH3 is 1. The zero-order valence-electron chi connectivity index (χ0n) is 8.71. The molecule has 2 aromatic rings. The minimum atomic E-state index is -4.59. The van der Waals surface area contributed by atoms with Crippen LogP contribution in [-0.4, -0.2) is 26.7 Å². The van der Waals surface area contributed by atoms with Crippen molar-refractivity contribution in [3.8, 4) is 6.01 Å². The second kappa shape index (κ2) is 3.73. The van der Waals surface area contributed by atoms with Crippen molar-refractivity contribution in [2.45, 2.75) is 13.1 Å². The van der Waals surface area contributed by atoms with Gasteiger partial charge in [0.2, 0.25) is 0 Å². The maximum absolute atomic E-state index is 12.6. The number of hydrogen-bond donors (Lipinski definition) is 0. The van der Waals surface area contributed by atoms with Gasteiger partial charge in [0.05, 0.1) is 7.11 Å². The van der Waals surface area contributed by atoms with Crippen LogP contribution in [0.4, 0.5) is 13.2 Å². The van der Waals surface area contributed by atoms with E-state index >= 15 is 0 Å². The lowest BCUT2D eigenvalue weighted by atomic mass is 10.2. The molecule has 0 atom stereocenters. The third kappa shape index (κ3) is 1.88.